The summed E-state index contributed by atoms with van der Waals surface area (Å²) in [4.78, 5) is 29.2. The smallest absolute Gasteiger partial charge is 0.301 e. The number of carbonyl (C=O) groups is 2. The van der Waals surface area contributed by atoms with E-state index in [9.17, 15) is 14.7 Å². The van der Waals surface area contributed by atoms with Crippen LogP contribution < -0.4 is 19.1 Å². The summed E-state index contributed by atoms with van der Waals surface area (Å²) >= 11 is 2.75. The lowest BCUT2D eigenvalue weighted by Gasteiger charge is -2.23. The van der Waals surface area contributed by atoms with Crippen molar-refractivity contribution in [2.45, 2.75) is 62.3 Å². The van der Waals surface area contributed by atoms with E-state index in [4.69, 9.17) is 14.2 Å². The predicted molar refractivity (Wildman–Crippen MR) is 196 cm³/mol. The highest BCUT2D eigenvalue weighted by atomic mass is 32.2. The van der Waals surface area contributed by atoms with Crippen molar-refractivity contribution in [1.29, 1.82) is 0 Å². The van der Waals surface area contributed by atoms with Crippen LogP contribution in [0, 0.1) is 0 Å². The second-order valence-electron chi connectivity index (χ2n) is 12.2. The van der Waals surface area contributed by atoms with Gasteiger partial charge in [-0.15, -0.1) is 10.2 Å². The molecule has 1 aromatic heterocycles. The topological polar surface area (TPSA) is 111 Å². The van der Waals surface area contributed by atoms with E-state index >= 15 is 0 Å². The molecule has 9 nitrogen and oxygen atoms in total. The molecule has 2 aliphatic rings. The van der Waals surface area contributed by atoms with Gasteiger partial charge in [-0.3, -0.25) is 14.5 Å². The number of hydrogen-bond donors (Lipinski definition) is 1. The number of ketones is 1. The molecule has 50 heavy (non-hydrogen) atoms. The highest BCUT2D eigenvalue weighted by molar-refractivity contribution is 8.00. The Balaban J connectivity index is 1.27. The Morgan fingerprint density at radius 1 is 1.00 bits per heavy atom. The molecule has 7 rings (SSSR count). The number of aromatic nitrogens is 2. The fourth-order valence-electron chi connectivity index (χ4n) is 6.39. The Morgan fingerprint density at radius 3 is 2.68 bits per heavy atom. The van der Waals surface area contributed by atoms with Crippen LogP contribution in [0.1, 0.15) is 61.9 Å². The first-order valence-corrected chi connectivity index (χ1v) is 18.6. The zero-order valence-corrected chi connectivity index (χ0v) is 29.7. The van der Waals surface area contributed by atoms with Crippen LogP contribution in [0.4, 0.5) is 5.13 Å². The lowest BCUT2D eigenvalue weighted by Crippen LogP contribution is -2.29. The summed E-state index contributed by atoms with van der Waals surface area (Å²) < 4.78 is 18.5. The summed E-state index contributed by atoms with van der Waals surface area (Å²) in [7, 11) is 0. The molecule has 1 fully saturated rings. The number of hydrogen-bond acceptors (Lipinski definition) is 10. The number of thioether (sulfide) groups is 1. The van der Waals surface area contributed by atoms with Gasteiger partial charge in [0.1, 0.15) is 17.6 Å². The summed E-state index contributed by atoms with van der Waals surface area (Å²) in [5, 5.41) is 23.2. The third kappa shape index (κ3) is 6.55. The SMILES string of the molecule is CCCCOc1ccc([C@@H]2C(=C(O)c3ccc4c(c3)C[C@@H](C)O4)C(=O)C(=O)N2c2nnc(SCc3cccc4ccccc34)s2)cc1OCC. The fraction of sp³-hybridized carbons (Fsp3) is 0.282. The predicted octanol–water partition coefficient (Wildman–Crippen LogP) is 8.51. The van der Waals surface area contributed by atoms with Gasteiger partial charge in [0.25, 0.3) is 5.78 Å². The first kappa shape index (κ1) is 33.6. The summed E-state index contributed by atoms with van der Waals surface area (Å²) in [5.74, 6) is 0.575. The van der Waals surface area contributed by atoms with Crippen molar-refractivity contribution < 1.29 is 28.9 Å². The van der Waals surface area contributed by atoms with E-state index < -0.39 is 17.7 Å². The first-order valence-electron chi connectivity index (χ1n) is 16.8. The lowest BCUT2D eigenvalue weighted by molar-refractivity contribution is -0.132. The Bertz CT molecular complexity index is 2110. The molecule has 1 amide bonds. The Labute approximate surface area is 298 Å². The molecule has 0 unspecified atom stereocenters. The van der Waals surface area contributed by atoms with Crippen LogP contribution in [0.3, 0.4) is 0 Å². The highest BCUT2D eigenvalue weighted by Crippen LogP contribution is 2.46. The van der Waals surface area contributed by atoms with E-state index in [2.05, 4.69) is 41.4 Å². The van der Waals surface area contributed by atoms with E-state index in [0.717, 1.165) is 40.5 Å². The zero-order valence-electron chi connectivity index (χ0n) is 28.0. The molecule has 1 saturated heterocycles. The van der Waals surface area contributed by atoms with Gasteiger partial charge in [-0.1, -0.05) is 85.0 Å². The fourth-order valence-corrected chi connectivity index (χ4v) is 8.27. The van der Waals surface area contributed by atoms with Crippen LogP contribution in [0.15, 0.2) is 88.8 Å². The third-order valence-corrected chi connectivity index (χ3v) is 10.9. The molecule has 11 heteroatoms. The van der Waals surface area contributed by atoms with E-state index in [0.29, 0.717) is 52.4 Å². The Hall–Kier alpha value is -4.87. The van der Waals surface area contributed by atoms with E-state index in [1.165, 1.54) is 28.0 Å². The van der Waals surface area contributed by atoms with E-state index in [-0.39, 0.29) is 22.6 Å². The number of rotatable bonds is 12. The molecule has 0 radical (unpaired) electrons. The quantitative estimate of drug-likeness (QED) is 0.0341. The maximum atomic E-state index is 13.9. The minimum atomic E-state index is -0.994. The number of anilines is 1. The van der Waals surface area contributed by atoms with E-state index in [1.54, 1.807) is 30.3 Å². The van der Waals surface area contributed by atoms with Gasteiger partial charge in [0.2, 0.25) is 5.13 Å². The Kier molecular flexibility index (Phi) is 9.78. The average molecular weight is 708 g/mol. The van der Waals surface area contributed by atoms with Crippen LogP contribution in [-0.4, -0.2) is 46.3 Å². The number of amides is 1. The van der Waals surface area contributed by atoms with Crippen LogP contribution in [-0.2, 0) is 21.8 Å². The third-order valence-electron chi connectivity index (χ3n) is 8.79. The molecule has 0 bridgehead atoms. The van der Waals surface area contributed by atoms with E-state index in [1.807, 2.05) is 38.1 Å². The van der Waals surface area contributed by atoms with Crippen molar-refractivity contribution in [1.82, 2.24) is 10.2 Å². The molecule has 1 N–H and O–H groups in total. The second-order valence-corrected chi connectivity index (χ2v) is 14.4. The molecule has 256 valence electrons. The molecule has 0 spiro atoms. The maximum Gasteiger partial charge on any atom is 0.301 e. The standard InChI is InChI=1S/C39H37N3O6S2/c1-4-6-18-47-31-17-14-25(21-32(31)46-5-2)34-33(35(43)26-15-16-30-28(20-26)19-23(3)48-30)36(44)37(45)42(34)38-40-41-39(50-38)49-22-27-12-9-11-24-10-7-8-13-29(24)27/h7-17,20-21,23,34,43H,4-6,18-19,22H2,1-3H3/t23-,34-/m1/s1. The number of benzene rings is 4. The van der Waals surface area contributed by atoms with Crippen molar-refractivity contribution in [3.63, 3.8) is 0 Å². The first-order chi connectivity index (χ1) is 24.4. The molecule has 2 aliphatic heterocycles. The van der Waals surface area contributed by atoms with Crippen molar-refractivity contribution in [3.05, 3.63) is 107 Å². The minimum absolute atomic E-state index is 0.00750. The van der Waals surface area contributed by atoms with Gasteiger partial charge in [0.15, 0.2) is 15.8 Å². The summed E-state index contributed by atoms with van der Waals surface area (Å²) in [6, 6.07) is 24.1. The summed E-state index contributed by atoms with van der Waals surface area (Å²) in [6.45, 7) is 6.86. The second kappa shape index (κ2) is 14.5. The normalized spacial score (nSPS) is 18.0. The van der Waals surface area contributed by atoms with Crippen molar-refractivity contribution >= 4 is 56.5 Å². The average Bonchev–Trinajstić information content (AvgIpc) is 3.82. The van der Waals surface area contributed by atoms with Crippen LogP contribution in [0.25, 0.3) is 16.5 Å². The van der Waals surface area contributed by atoms with Crippen LogP contribution >= 0.6 is 23.1 Å². The van der Waals surface area contributed by atoms with Crippen LogP contribution in [0.2, 0.25) is 0 Å². The van der Waals surface area contributed by atoms with Gasteiger partial charge in [-0.05, 0) is 78.1 Å². The molecule has 0 saturated carbocycles. The molecule has 5 aromatic rings. The minimum Gasteiger partial charge on any atom is -0.507 e. The van der Waals surface area contributed by atoms with Gasteiger partial charge < -0.3 is 19.3 Å². The number of carbonyl (C=O) groups excluding carboxylic acids is 2. The van der Waals surface area contributed by atoms with Gasteiger partial charge >= 0.3 is 5.91 Å². The highest BCUT2D eigenvalue weighted by Gasteiger charge is 2.48. The lowest BCUT2D eigenvalue weighted by atomic mass is 9.94. The monoisotopic (exact) mass is 707 g/mol. The van der Waals surface area contributed by atoms with Crippen molar-refractivity contribution in [2.24, 2.45) is 0 Å². The summed E-state index contributed by atoms with van der Waals surface area (Å²) in [6.07, 6.45) is 2.55. The number of aliphatic hydroxyl groups is 1. The van der Waals surface area contributed by atoms with Crippen molar-refractivity contribution in [3.8, 4) is 17.2 Å². The van der Waals surface area contributed by atoms with Gasteiger partial charge in [-0.25, -0.2) is 0 Å². The molecular formula is C39H37N3O6S2. The molecule has 4 aromatic carbocycles. The van der Waals surface area contributed by atoms with Crippen molar-refractivity contribution in [2.75, 3.05) is 18.1 Å². The number of fused-ring (bicyclic) bond motifs is 2. The zero-order chi connectivity index (χ0) is 34.8. The molecule has 3 heterocycles. The number of aliphatic hydroxyl groups excluding tert-OH is 1. The number of unbranched alkanes of at least 4 members (excludes halogenated alkanes) is 1. The maximum absolute atomic E-state index is 13.9. The van der Waals surface area contributed by atoms with Gasteiger partial charge in [0, 0.05) is 17.7 Å². The van der Waals surface area contributed by atoms with Crippen LogP contribution in [0.5, 0.6) is 17.2 Å². The molecular weight excluding hydrogens is 671 g/mol. The number of ether oxygens (including phenoxy) is 3. The van der Waals surface area contributed by atoms with Gasteiger partial charge in [0.05, 0.1) is 24.8 Å². The molecule has 2 atom stereocenters. The number of nitrogens with zero attached hydrogens (tertiary/aromatic N) is 3. The molecule has 0 aliphatic carbocycles. The summed E-state index contributed by atoms with van der Waals surface area (Å²) in [5.41, 5.74) is 3.04. The van der Waals surface area contributed by atoms with Gasteiger partial charge in [-0.2, -0.15) is 0 Å². The largest absolute Gasteiger partial charge is 0.507 e. The number of Topliss-reactive ketones (excluding diaryl/α,β-unsaturated/α-hetero) is 1. The Morgan fingerprint density at radius 2 is 1.84 bits per heavy atom.